The summed E-state index contributed by atoms with van der Waals surface area (Å²) in [5.74, 6) is 0.540. The van der Waals surface area contributed by atoms with Crippen molar-refractivity contribution in [2.75, 3.05) is 33.3 Å². The van der Waals surface area contributed by atoms with Crippen LogP contribution in [0.1, 0.15) is 16.8 Å². The minimum atomic E-state index is -0.313. The lowest BCUT2D eigenvalue weighted by Crippen LogP contribution is -2.41. The molecule has 1 aliphatic rings. The lowest BCUT2D eigenvalue weighted by molar-refractivity contribution is -0.139. The largest absolute Gasteiger partial charge is 0.497 e. The summed E-state index contributed by atoms with van der Waals surface area (Å²) < 4.78 is 13.2. The molecular formula is C27H32N4O4. The molecule has 4 rings (SSSR count). The van der Waals surface area contributed by atoms with Crippen LogP contribution in [-0.4, -0.2) is 70.8 Å². The van der Waals surface area contributed by atoms with E-state index in [1.807, 2.05) is 60.4 Å². The Hall–Kier alpha value is -3.65. The topological polar surface area (TPSA) is 76.9 Å². The first-order valence-electron chi connectivity index (χ1n) is 11.8. The smallest absolute Gasteiger partial charge is 0.244 e. The highest BCUT2D eigenvalue weighted by atomic mass is 16.5. The second kappa shape index (κ2) is 11.7. The normalized spacial score (nSPS) is 16.3. The Kier molecular flexibility index (Phi) is 8.15. The second-order valence-corrected chi connectivity index (χ2v) is 8.79. The van der Waals surface area contributed by atoms with Gasteiger partial charge in [0.2, 0.25) is 11.8 Å². The number of methoxy groups -OCH3 is 1. The summed E-state index contributed by atoms with van der Waals surface area (Å²) in [7, 11) is 1.63. The summed E-state index contributed by atoms with van der Waals surface area (Å²) >= 11 is 0. The maximum atomic E-state index is 13.1. The molecule has 0 radical (unpaired) electrons. The summed E-state index contributed by atoms with van der Waals surface area (Å²) in [6.07, 6.45) is 2.21. The fraction of sp³-hybridized carbons (Fsp3) is 0.370. The zero-order valence-electron chi connectivity index (χ0n) is 20.3. The second-order valence-electron chi connectivity index (χ2n) is 8.79. The number of nitrogens with zero attached hydrogens (tertiary/aromatic N) is 4. The fourth-order valence-corrected chi connectivity index (χ4v) is 4.17. The first-order chi connectivity index (χ1) is 17.0. The quantitative estimate of drug-likeness (QED) is 0.475. The molecule has 0 spiro atoms. The number of aromatic nitrogens is 2. The van der Waals surface area contributed by atoms with Gasteiger partial charge in [-0.2, -0.15) is 5.10 Å². The molecule has 1 fully saturated rings. The van der Waals surface area contributed by atoms with Crippen molar-refractivity contribution in [3.63, 3.8) is 0 Å². The molecule has 184 valence electrons. The molecule has 0 bridgehead atoms. The molecule has 1 aromatic heterocycles. The molecule has 35 heavy (non-hydrogen) atoms. The number of aryl methyl sites for hydroxylation is 1. The Morgan fingerprint density at radius 2 is 1.86 bits per heavy atom. The van der Waals surface area contributed by atoms with E-state index in [1.165, 1.54) is 5.56 Å². The highest BCUT2D eigenvalue weighted by Crippen LogP contribution is 2.16. The van der Waals surface area contributed by atoms with Crippen molar-refractivity contribution in [1.29, 1.82) is 0 Å². The van der Waals surface area contributed by atoms with E-state index >= 15 is 0 Å². The van der Waals surface area contributed by atoms with E-state index in [0.29, 0.717) is 26.2 Å². The van der Waals surface area contributed by atoms with E-state index in [4.69, 9.17) is 9.47 Å². The van der Waals surface area contributed by atoms with E-state index in [0.717, 1.165) is 23.4 Å². The van der Waals surface area contributed by atoms with Crippen LogP contribution in [0.4, 0.5) is 0 Å². The molecule has 0 aliphatic carbocycles. The van der Waals surface area contributed by atoms with Gasteiger partial charge >= 0.3 is 0 Å². The maximum Gasteiger partial charge on any atom is 0.244 e. The maximum absolute atomic E-state index is 13.1. The van der Waals surface area contributed by atoms with Crippen molar-refractivity contribution in [2.24, 2.45) is 0 Å². The Balaban J connectivity index is 1.46. The van der Waals surface area contributed by atoms with E-state index in [1.54, 1.807) is 22.9 Å². The number of benzene rings is 2. The van der Waals surface area contributed by atoms with E-state index < -0.39 is 0 Å². The number of hydrogen-bond acceptors (Lipinski definition) is 5. The predicted molar refractivity (Wildman–Crippen MR) is 132 cm³/mol. The molecule has 0 unspecified atom stereocenters. The van der Waals surface area contributed by atoms with Gasteiger partial charge in [-0.3, -0.25) is 14.3 Å². The van der Waals surface area contributed by atoms with Crippen molar-refractivity contribution in [2.45, 2.75) is 32.6 Å². The molecular weight excluding hydrogens is 444 g/mol. The summed E-state index contributed by atoms with van der Waals surface area (Å²) in [4.78, 5) is 29.6. The van der Waals surface area contributed by atoms with Gasteiger partial charge in [-0.1, -0.05) is 42.5 Å². The zero-order chi connectivity index (χ0) is 24.6. The van der Waals surface area contributed by atoms with Gasteiger partial charge in [0.15, 0.2) is 0 Å². The first-order valence-corrected chi connectivity index (χ1v) is 11.8. The van der Waals surface area contributed by atoms with Crippen LogP contribution in [-0.2, 0) is 33.9 Å². The van der Waals surface area contributed by atoms with Gasteiger partial charge in [0.25, 0.3) is 0 Å². The highest BCUT2D eigenvalue weighted by Gasteiger charge is 2.31. The van der Waals surface area contributed by atoms with Crippen molar-refractivity contribution in [3.8, 4) is 5.75 Å². The Morgan fingerprint density at radius 3 is 2.60 bits per heavy atom. The lowest BCUT2D eigenvalue weighted by Gasteiger charge is -2.25. The molecule has 2 heterocycles. The summed E-state index contributed by atoms with van der Waals surface area (Å²) in [5, 5.41) is 4.31. The van der Waals surface area contributed by atoms with Gasteiger partial charge in [0.1, 0.15) is 12.3 Å². The molecule has 1 aliphatic heterocycles. The molecule has 0 N–H and O–H groups in total. The van der Waals surface area contributed by atoms with E-state index in [2.05, 4.69) is 17.2 Å². The van der Waals surface area contributed by atoms with Gasteiger partial charge in [-0.15, -0.1) is 0 Å². The Morgan fingerprint density at radius 1 is 1.06 bits per heavy atom. The molecule has 8 nitrogen and oxygen atoms in total. The first kappa shape index (κ1) is 24.5. The SMILES string of the molecule is COc1cccc(CO[C@@H]2CN(CCc3ccccc3)C(=O)CN(C(=O)Cn3ccc(C)n3)C2)c1. The van der Waals surface area contributed by atoms with Crippen LogP contribution >= 0.6 is 0 Å². The third-order valence-electron chi connectivity index (χ3n) is 6.08. The van der Waals surface area contributed by atoms with Crippen LogP contribution in [0.3, 0.4) is 0 Å². The summed E-state index contributed by atoms with van der Waals surface area (Å²) in [6, 6.07) is 19.6. The van der Waals surface area contributed by atoms with Crippen LogP contribution in [0.15, 0.2) is 66.9 Å². The molecule has 2 aromatic carbocycles. The number of rotatable bonds is 9. The molecule has 3 aromatic rings. The highest BCUT2D eigenvalue weighted by molar-refractivity contribution is 5.85. The van der Waals surface area contributed by atoms with Crippen LogP contribution in [0, 0.1) is 6.92 Å². The van der Waals surface area contributed by atoms with Crippen LogP contribution in [0.25, 0.3) is 0 Å². The van der Waals surface area contributed by atoms with Crippen LogP contribution in [0.2, 0.25) is 0 Å². The molecule has 0 saturated carbocycles. The monoisotopic (exact) mass is 476 g/mol. The van der Waals surface area contributed by atoms with Gasteiger partial charge in [0, 0.05) is 25.8 Å². The number of ether oxygens (including phenoxy) is 2. The van der Waals surface area contributed by atoms with Crippen molar-refractivity contribution < 1.29 is 19.1 Å². The molecule has 1 saturated heterocycles. The number of hydrogen-bond donors (Lipinski definition) is 0. The van der Waals surface area contributed by atoms with Gasteiger partial charge in [-0.05, 0) is 42.7 Å². The van der Waals surface area contributed by atoms with Crippen LogP contribution < -0.4 is 4.74 Å². The summed E-state index contributed by atoms with van der Waals surface area (Å²) in [6.45, 7) is 3.71. The van der Waals surface area contributed by atoms with Gasteiger partial charge in [0.05, 0.1) is 32.1 Å². The predicted octanol–water partition coefficient (Wildman–Crippen LogP) is 2.70. The van der Waals surface area contributed by atoms with Crippen molar-refractivity contribution >= 4 is 11.8 Å². The minimum absolute atomic E-state index is 0.0346. The number of carbonyl (C=O) groups excluding carboxylic acids is 2. The summed E-state index contributed by atoms with van der Waals surface area (Å²) in [5.41, 5.74) is 2.98. The average molecular weight is 477 g/mol. The fourth-order valence-electron chi connectivity index (χ4n) is 4.17. The van der Waals surface area contributed by atoms with Gasteiger partial charge in [-0.25, -0.2) is 0 Å². The van der Waals surface area contributed by atoms with Crippen molar-refractivity contribution in [3.05, 3.63) is 83.7 Å². The average Bonchev–Trinajstić information content (AvgIpc) is 3.21. The number of amides is 2. The molecule has 2 amide bonds. The van der Waals surface area contributed by atoms with Crippen LogP contribution in [0.5, 0.6) is 5.75 Å². The Labute approximate surface area is 206 Å². The van der Waals surface area contributed by atoms with Crippen molar-refractivity contribution in [1.82, 2.24) is 19.6 Å². The zero-order valence-corrected chi connectivity index (χ0v) is 20.3. The minimum Gasteiger partial charge on any atom is -0.497 e. The number of carbonyl (C=O) groups is 2. The lowest BCUT2D eigenvalue weighted by atomic mass is 10.1. The van der Waals surface area contributed by atoms with Gasteiger partial charge < -0.3 is 19.3 Å². The molecule has 1 atom stereocenters. The van der Waals surface area contributed by atoms with E-state index in [9.17, 15) is 9.59 Å². The standard InChI is InChI=1S/C27H32N4O4/c1-21-11-14-31(28-21)19-27(33)30-17-25(35-20-23-9-6-10-24(15-23)34-2)16-29(26(32)18-30)13-12-22-7-4-3-5-8-22/h3-11,14-15,25H,12-13,16-20H2,1-2H3/t25-/m1/s1. The Bertz CT molecular complexity index is 1130. The third kappa shape index (κ3) is 6.93. The molecule has 8 heteroatoms. The third-order valence-corrected chi connectivity index (χ3v) is 6.08. The van der Waals surface area contributed by atoms with E-state index in [-0.39, 0.29) is 31.0 Å².